The summed E-state index contributed by atoms with van der Waals surface area (Å²) in [6.07, 6.45) is 2.16. The van der Waals surface area contributed by atoms with Crippen molar-refractivity contribution in [2.24, 2.45) is 5.92 Å². The van der Waals surface area contributed by atoms with Gasteiger partial charge in [-0.25, -0.2) is 0 Å². The van der Waals surface area contributed by atoms with Crippen LogP contribution in [0.1, 0.15) is 13.8 Å². The molecule has 0 bridgehead atoms. The van der Waals surface area contributed by atoms with Gasteiger partial charge in [-0.05, 0) is 31.9 Å². The number of nitrogens with zero attached hydrogens (tertiary/aromatic N) is 1. The van der Waals surface area contributed by atoms with Crippen molar-refractivity contribution in [3.8, 4) is 0 Å². The molecule has 0 spiro atoms. The first-order valence-corrected chi connectivity index (χ1v) is 6.44. The smallest absolute Gasteiger partial charge is 0.0155 e. The van der Waals surface area contributed by atoms with Crippen molar-refractivity contribution in [3.63, 3.8) is 0 Å². The normalized spacial score (nSPS) is 16.5. The molecule has 0 aliphatic heterocycles. The Morgan fingerprint density at radius 2 is 2.00 bits per heavy atom. The maximum absolute atomic E-state index is 4.28. The summed E-state index contributed by atoms with van der Waals surface area (Å²) in [6, 6.07) is 0.683. The van der Waals surface area contributed by atoms with E-state index in [0.29, 0.717) is 12.0 Å². The second-order valence-electron chi connectivity index (χ2n) is 3.53. The molecule has 0 rings (SSSR count). The molecule has 0 aromatic rings. The molecule has 0 amide bonds. The maximum Gasteiger partial charge on any atom is 0.0155 e. The van der Waals surface area contributed by atoms with Crippen molar-refractivity contribution in [2.75, 3.05) is 31.4 Å². The van der Waals surface area contributed by atoms with Crippen molar-refractivity contribution < 1.29 is 0 Å². The van der Waals surface area contributed by atoms with Gasteiger partial charge in [0, 0.05) is 18.3 Å². The summed E-state index contributed by atoms with van der Waals surface area (Å²) in [5.41, 5.74) is 0. The third-order valence-electron chi connectivity index (χ3n) is 2.07. The van der Waals surface area contributed by atoms with Crippen LogP contribution in [0.2, 0.25) is 0 Å². The molecule has 2 unspecified atom stereocenters. The Balaban J connectivity index is 3.62. The highest BCUT2D eigenvalue weighted by Crippen LogP contribution is 2.07. The van der Waals surface area contributed by atoms with E-state index in [1.165, 1.54) is 5.75 Å². The van der Waals surface area contributed by atoms with Crippen LogP contribution in [0.4, 0.5) is 0 Å². The summed E-state index contributed by atoms with van der Waals surface area (Å²) in [5.74, 6) is 2.90. The van der Waals surface area contributed by atoms with E-state index in [9.17, 15) is 0 Å². The molecule has 3 heteroatoms. The van der Waals surface area contributed by atoms with Gasteiger partial charge in [-0.2, -0.15) is 24.4 Å². The Hall–Kier alpha value is 0.660. The topological polar surface area (TPSA) is 3.24 Å². The van der Waals surface area contributed by atoms with Crippen LogP contribution < -0.4 is 0 Å². The zero-order valence-corrected chi connectivity index (χ0v) is 10.3. The molecule has 74 valence electrons. The predicted molar refractivity (Wildman–Crippen MR) is 63.5 cm³/mol. The molecule has 12 heavy (non-hydrogen) atoms. The number of hydrogen-bond acceptors (Lipinski definition) is 3. The van der Waals surface area contributed by atoms with Gasteiger partial charge in [0.15, 0.2) is 0 Å². The average Bonchev–Trinajstić information content (AvgIpc) is 2.04. The Kier molecular flexibility index (Phi) is 7.49. The van der Waals surface area contributed by atoms with E-state index >= 15 is 0 Å². The largest absolute Gasteiger partial charge is 0.303 e. The fourth-order valence-electron chi connectivity index (χ4n) is 1.10. The molecule has 0 saturated heterocycles. The molecule has 0 N–H and O–H groups in total. The highest BCUT2D eigenvalue weighted by atomic mass is 32.2. The van der Waals surface area contributed by atoms with Gasteiger partial charge in [-0.15, -0.1) is 0 Å². The molecule has 0 saturated carbocycles. The SMILES string of the molecule is CSCC(C)N(C)CC(C)CS. The van der Waals surface area contributed by atoms with Crippen molar-refractivity contribution in [1.82, 2.24) is 4.90 Å². The monoisotopic (exact) mass is 207 g/mol. The van der Waals surface area contributed by atoms with E-state index in [2.05, 4.69) is 44.7 Å². The third-order valence-corrected chi connectivity index (χ3v) is 3.51. The van der Waals surface area contributed by atoms with Gasteiger partial charge in [-0.3, -0.25) is 0 Å². The third kappa shape index (κ3) is 5.33. The number of rotatable bonds is 6. The van der Waals surface area contributed by atoms with Crippen LogP contribution in [0, 0.1) is 5.92 Å². The Labute approximate surface area is 86.7 Å². The van der Waals surface area contributed by atoms with E-state index < -0.39 is 0 Å². The van der Waals surface area contributed by atoms with Crippen LogP contribution in [0.3, 0.4) is 0 Å². The van der Waals surface area contributed by atoms with E-state index in [-0.39, 0.29) is 0 Å². The van der Waals surface area contributed by atoms with Gasteiger partial charge in [0.25, 0.3) is 0 Å². The van der Waals surface area contributed by atoms with Crippen molar-refractivity contribution in [2.45, 2.75) is 19.9 Å². The van der Waals surface area contributed by atoms with Gasteiger partial charge in [0.05, 0.1) is 0 Å². The molecule has 2 atom stereocenters. The van der Waals surface area contributed by atoms with Gasteiger partial charge in [-0.1, -0.05) is 6.92 Å². The maximum atomic E-state index is 4.28. The predicted octanol–water partition coefficient (Wildman–Crippen LogP) is 2.24. The molecule has 0 aliphatic carbocycles. The van der Waals surface area contributed by atoms with Gasteiger partial charge in [0.1, 0.15) is 0 Å². The lowest BCUT2D eigenvalue weighted by molar-refractivity contribution is 0.249. The number of hydrogen-bond donors (Lipinski definition) is 1. The Morgan fingerprint density at radius 1 is 1.42 bits per heavy atom. The standard InChI is InChI=1S/C9H21NS2/c1-8(6-11)5-10(3)9(2)7-12-4/h8-9,11H,5-7H2,1-4H3. The summed E-state index contributed by atoms with van der Waals surface area (Å²) in [5, 5.41) is 0. The zero-order valence-electron chi connectivity index (χ0n) is 8.58. The molecular formula is C9H21NS2. The second-order valence-corrected chi connectivity index (χ2v) is 4.81. The molecule has 0 aromatic carbocycles. The summed E-state index contributed by atoms with van der Waals surface area (Å²) in [7, 11) is 2.20. The second kappa shape index (κ2) is 7.10. The Morgan fingerprint density at radius 3 is 2.42 bits per heavy atom. The summed E-state index contributed by atoms with van der Waals surface area (Å²) >= 11 is 6.19. The fourth-order valence-corrected chi connectivity index (χ4v) is 1.95. The lowest BCUT2D eigenvalue weighted by Gasteiger charge is -2.26. The van der Waals surface area contributed by atoms with Crippen molar-refractivity contribution >= 4 is 24.4 Å². The lowest BCUT2D eigenvalue weighted by Crippen LogP contribution is -2.34. The van der Waals surface area contributed by atoms with Crippen LogP contribution in [0.15, 0.2) is 0 Å². The zero-order chi connectivity index (χ0) is 9.56. The first-order chi connectivity index (χ1) is 5.61. The summed E-state index contributed by atoms with van der Waals surface area (Å²) in [4.78, 5) is 2.41. The number of thiol groups is 1. The number of thioether (sulfide) groups is 1. The van der Waals surface area contributed by atoms with E-state index in [0.717, 1.165) is 12.3 Å². The van der Waals surface area contributed by atoms with Crippen molar-refractivity contribution in [3.05, 3.63) is 0 Å². The van der Waals surface area contributed by atoms with E-state index in [1.54, 1.807) is 0 Å². The van der Waals surface area contributed by atoms with E-state index in [4.69, 9.17) is 0 Å². The molecule has 0 aromatic heterocycles. The highest BCUT2D eigenvalue weighted by Gasteiger charge is 2.10. The first kappa shape index (κ1) is 12.7. The quantitative estimate of drug-likeness (QED) is 0.665. The minimum atomic E-state index is 0.683. The summed E-state index contributed by atoms with van der Waals surface area (Å²) in [6.45, 7) is 5.68. The molecular weight excluding hydrogens is 186 g/mol. The van der Waals surface area contributed by atoms with Crippen molar-refractivity contribution in [1.29, 1.82) is 0 Å². The molecule has 1 nitrogen and oxygen atoms in total. The highest BCUT2D eigenvalue weighted by molar-refractivity contribution is 7.98. The average molecular weight is 207 g/mol. The van der Waals surface area contributed by atoms with Gasteiger partial charge in [0.2, 0.25) is 0 Å². The molecule has 0 heterocycles. The van der Waals surface area contributed by atoms with Crippen LogP contribution in [0.25, 0.3) is 0 Å². The minimum Gasteiger partial charge on any atom is -0.303 e. The van der Waals surface area contributed by atoms with Crippen LogP contribution in [-0.2, 0) is 0 Å². The van der Waals surface area contributed by atoms with Gasteiger partial charge >= 0.3 is 0 Å². The lowest BCUT2D eigenvalue weighted by atomic mass is 10.2. The van der Waals surface area contributed by atoms with Crippen LogP contribution >= 0.6 is 24.4 Å². The van der Waals surface area contributed by atoms with E-state index in [1.807, 2.05) is 11.8 Å². The Bertz CT molecular complexity index is 109. The summed E-state index contributed by atoms with van der Waals surface area (Å²) < 4.78 is 0. The molecule has 0 radical (unpaired) electrons. The molecule has 0 aliphatic rings. The minimum absolute atomic E-state index is 0.683. The fraction of sp³-hybridized carbons (Fsp3) is 1.00. The molecule has 0 fully saturated rings. The van der Waals surface area contributed by atoms with Crippen LogP contribution in [-0.4, -0.2) is 42.3 Å². The van der Waals surface area contributed by atoms with Gasteiger partial charge < -0.3 is 4.90 Å². The van der Waals surface area contributed by atoms with Crippen LogP contribution in [0.5, 0.6) is 0 Å². The first-order valence-electron chi connectivity index (χ1n) is 4.41.